The molecule has 2 aromatic carbocycles. The van der Waals surface area contributed by atoms with Gasteiger partial charge in [-0.15, -0.1) is 0 Å². The van der Waals surface area contributed by atoms with E-state index in [0.29, 0.717) is 0 Å². The molecule has 1 heterocycles. The Bertz CT molecular complexity index is 1130. The summed E-state index contributed by atoms with van der Waals surface area (Å²) in [6.07, 6.45) is -9.28. The van der Waals surface area contributed by atoms with Crippen LogP contribution in [0, 0.1) is 0 Å². The maximum Gasteiger partial charge on any atom is 0.422 e. The summed E-state index contributed by atoms with van der Waals surface area (Å²) >= 11 is 0. The van der Waals surface area contributed by atoms with Gasteiger partial charge in [-0.3, -0.25) is 0 Å². The van der Waals surface area contributed by atoms with E-state index in [1.165, 1.54) is 37.4 Å². The van der Waals surface area contributed by atoms with E-state index < -0.39 is 36.5 Å². The molecule has 33 heavy (non-hydrogen) atoms. The summed E-state index contributed by atoms with van der Waals surface area (Å²) in [5, 5.41) is 2.51. The van der Waals surface area contributed by atoms with Crippen LogP contribution in [-0.2, 0) is 10.9 Å². The molecule has 7 nitrogen and oxygen atoms in total. The molecular formula is C20H14F6N4O3. The van der Waals surface area contributed by atoms with Crippen molar-refractivity contribution in [2.24, 2.45) is 0 Å². The predicted molar refractivity (Wildman–Crippen MR) is 103 cm³/mol. The van der Waals surface area contributed by atoms with Crippen LogP contribution in [0.25, 0.3) is 11.4 Å². The number of benzene rings is 2. The van der Waals surface area contributed by atoms with E-state index in [1.54, 1.807) is 0 Å². The second kappa shape index (κ2) is 9.30. The molecule has 174 valence electrons. The zero-order valence-electron chi connectivity index (χ0n) is 16.7. The minimum Gasteiger partial charge on any atom is -0.465 e. The van der Waals surface area contributed by atoms with Gasteiger partial charge in [0.15, 0.2) is 12.4 Å². The Morgan fingerprint density at radius 3 is 2.27 bits per heavy atom. The molecule has 0 bridgehead atoms. The van der Waals surface area contributed by atoms with Gasteiger partial charge in [0.25, 0.3) is 0 Å². The van der Waals surface area contributed by atoms with Crippen molar-refractivity contribution in [2.75, 3.05) is 19.0 Å². The number of nitrogens with one attached hydrogen (secondary N) is 1. The number of anilines is 2. The zero-order valence-corrected chi connectivity index (χ0v) is 16.7. The largest absolute Gasteiger partial charge is 0.465 e. The van der Waals surface area contributed by atoms with Crippen LogP contribution in [0.5, 0.6) is 6.01 Å². The van der Waals surface area contributed by atoms with Gasteiger partial charge in [0.1, 0.15) is 0 Å². The van der Waals surface area contributed by atoms with Crippen molar-refractivity contribution >= 4 is 17.6 Å². The third kappa shape index (κ3) is 6.54. The van der Waals surface area contributed by atoms with Crippen molar-refractivity contribution in [3.8, 4) is 17.4 Å². The van der Waals surface area contributed by atoms with Crippen LogP contribution < -0.4 is 10.1 Å². The van der Waals surface area contributed by atoms with E-state index in [0.717, 1.165) is 18.2 Å². The van der Waals surface area contributed by atoms with Gasteiger partial charge in [-0.05, 0) is 30.3 Å². The van der Waals surface area contributed by atoms with Crippen LogP contribution in [0.1, 0.15) is 15.9 Å². The number of hydrogen-bond donors (Lipinski definition) is 1. The number of aromatic nitrogens is 3. The molecule has 0 aliphatic rings. The molecule has 1 N–H and O–H groups in total. The number of alkyl halides is 6. The van der Waals surface area contributed by atoms with Crippen molar-refractivity contribution in [1.29, 1.82) is 0 Å². The van der Waals surface area contributed by atoms with E-state index >= 15 is 0 Å². The lowest BCUT2D eigenvalue weighted by atomic mass is 10.1. The number of hydrogen-bond acceptors (Lipinski definition) is 7. The Morgan fingerprint density at radius 1 is 0.970 bits per heavy atom. The molecule has 0 spiro atoms. The lowest BCUT2D eigenvalue weighted by Gasteiger charge is -2.12. The van der Waals surface area contributed by atoms with Crippen LogP contribution in [0.15, 0.2) is 48.5 Å². The molecule has 0 aliphatic carbocycles. The normalized spacial score (nSPS) is 11.7. The van der Waals surface area contributed by atoms with Crippen molar-refractivity contribution < 1.29 is 40.6 Å². The SMILES string of the molecule is COC(=O)c1ccc(-c2nc(Nc3cccc(C(F)(F)F)c3)nc(OCC(F)(F)F)n2)cc1. The lowest BCUT2D eigenvalue weighted by Crippen LogP contribution is -2.20. The minimum atomic E-state index is -4.68. The smallest absolute Gasteiger partial charge is 0.422 e. The number of nitrogens with zero attached hydrogens (tertiary/aromatic N) is 3. The Labute approximate surface area is 182 Å². The fraction of sp³-hybridized carbons (Fsp3) is 0.200. The van der Waals surface area contributed by atoms with Gasteiger partial charge in [-0.1, -0.05) is 18.2 Å². The molecule has 3 aromatic rings. The average Bonchev–Trinajstić information content (AvgIpc) is 2.76. The average molecular weight is 472 g/mol. The zero-order chi connectivity index (χ0) is 24.2. The van der Waals surface area contributed by atoms with Crippen molar-refractivity contribution in [3.63, 3.8) is 0 Å². The number of rotatable bonds is 6. The fourth-order valence-electron chi connectivity index (χ4n) is 2.53. The number of methoxy groups -OCH3 is 1. The first-order valence-corrected chi connectivity index (χ1v) is 9.03. The number of carbonyl (C=O) groups is 1. The highest BCUT2D eigenvalue weighted by atomic mass is 19.4. The molecular weight excluding hydrogens is 458 g/mol. The molecule has 0 fully saturated rings. The fourth-order valence-corrected chi connectivity index (χ4v) is 2.53. The molecule has 0 saturated heterocycles. The van der Waals surface area contributed by atoms with Crippen molar-refractivity contribution in [1.82, 2.24) is 15.0 Å². The van der Waals surface area contributed by atoms with Gasteiger partial charge in [0, 0.05) is 11.3 Å². The van der Waals surface area contributed by atoms with Crippen LogP contribution in [0.4, 0.5) is 38.0 Å². The van der Waals surface area contributed by atoms with E-state index in [2.05, 4.69) is 29.7 Å². The summed E-state index contributed by atoms with van der Waals surface area (Å²) in [6, 6.07) is 8.92. The first kappa shape index (κ1) is 23.8. The molecule has 0 aliphatic heterocycles. The molecule has 3 rings (SSSR count). The van der Waals surface area contributed by atoms with Crippen LogP contribution in [0.3, 0.4) is 0 Å². The summed E-state index contributed by atoms with van der Waals surface area (Å²) in [4.78, 5) is 23.1. The second-order valence-corrected chi connectivity index (χ2v) is 6.44. The Morgan fingerprint density at radius 2 is 1.67 bits per heavy atom. The monoisotopic (exact) mass is 472 g/mol. The van der Waals surface area contributed by atoms with Gasteiger partial charge in [-0.25, -0.2) is 4.79 Å². The topological polar surface area (TPSA) is 86.2 Å². The third-order valence-electron chi connectivity index (χ3n) is 3.99. The number of carbonyl (C=O) groups excluding carboxylic acids is 1. The van der Waals surface area contributed by atoms with Gasteiger partial charge in [0.05, 0.1) is 18.2 Å². The van der Waals surface area contributed by atoms with Gasteiger partial charge >= 0.3 is 24.3 Å². The van der Waals surface area contributed by atoms with Crippen molar-refractivity contribution in [2.45, 2.75) is 12.4 Å². The minimum absolute atomic E-state index is 0.0650. The molecule has 0 unspecified atom stereocenters. The summed E-state index contributed by atoms with van der Waals surface area (Å²) in [5.41, 5.74) is -0.543. The molecule has 0 radical (unpaired) electrons. The molecule has 0 atom stereocenters. The highest BCUT2D eigenvalue weighted by Gasteiger charge is 2.31. The maximum atomic E-state index is 13.0. The molecule has 0 saturated carbocycles. The number of halogens is 6. The standard InChI is InChI=1S/C20H14F6N4O3/c1-32-16(31)12-7-5-11(6-8-12)15-28-17(30-18(29-15)33-10-19(21,22)23)27-14-4-2-3-13(9-14)20(24,25)26/h2-9H,10H2,1H3,(H,27,28,29,30). The second-order valence-electron chi connectivity index (χ2n) is 6.44. The highest BCUT2D eigenvalue weighted by Crippen LogP contribution is 2.31. The van der Waals surface area contributed by atoms with Crippen LogP contribution >= 0.6 is 0 Å². The molecule has 13 heteroatoms. The summed E-state index contributed by atoms with van der Waals surface area (Å²) in [7, 11) is 1.19. The van der Waals surface area contributed by atoms with Gasteiger partial charge in [-0.2, -0.15) is 41.3 Å². The Hall–Kier alpha value is -3.90. The number of esters is 1. The van der Waals surface area contributed by atoms with Crippen LogP contribution in [0.2, 0.25) is 0 Å². The number of ether oxygens (including phenoxy) is 2. The van der Waals surface area contributed by atoms with Gasteiger partial charge < -0.3 is 14.8 Å². The summed E-state index contributed by atoms with van der Waals surface area (Å²) < 4.78 is 85.7. The first-order chi connectivity index (χ1) is 15.4. The summed E-state index contributed by atoms with van der Waals surface area (Å²) in [5.74, 6) is -1.11. The van der Waals surface area contributed by atoms with Gasteiger partial charge in [0.2, 0.25) is 5.95 Å². The quantitative estimate of drug-likeness (QED) is 0.398. The maximum absolute atomic E-state index is 13.0. The van der Waals surface area contributed by atoms with Crippen LogP contribution in [-0.4, -0.2) is 40.8 Å². The lowest BCUT2D eigenvalue weighted by molar-refractivity contribution is -0.154. The third-order valence-corrected chi connectivity index (χ3v) is 3.99. The van der Waals surface area contributed by atoms with E-state index in [9.17, 15) is 31.1 Å². The highest BCUT2D eigenvalue weighted by molar-refractivity contribution is 5.89. The van der Waals surface area contributed by atoms with Crippen molar-refractivity contribution in [3.05, 3.63) is 59.7 Å². The Balaban J connectivity index is 1.97. The first-order valence-electron chi connectivity index (χ1n) is 9.03. The van der Waals surface area contributed by atoms with E-state index in [-0.39, 0.29) is 28.6 Å². The molecule has 1 aromatic heterocycles. The molecule has 0 amide bonds. The Kier molecular flexibility index (Phi) is 6.70. The summed E-state index contributed by atoms with van der Waals surface area (Å²) in [6.45, 7) is -1.69. The predicted octanol–water partition coefficient (Wildman–Crippen LogP) is 5.03. The van der Waals surface area contributed by atoms with E-state index in [1.807, 2.05) is 0 Å². The van der Waals surface area contributed by atoms with E-state index in [4.69, 9.17) is 0 Å².